The molecule has 32 heavy (non-hydrogen) atoms. The minimum absolute atomic E-state index is 0.0438. The Hall–Kier alpha value is -3.47. The maximum Gasteiger partial charge on any atom is 0.331 e. The molecule has 11 heteroatoms. The van der Waals surface area contributed by atoms with E-state index in [1.165, 1.54) is 41.9 Å². The molecular weight excluding hydrogens is 439 g/mol. The zero-order chi connectivity index (χ0) is 23.0. The number of carbonyl (C=O) groups excluding carboxylic acids is 1. The maximum atomic E-state index is 13.9. The van der Waals surface area contributed by atoms with Gasteiger partial charge in [-0.2, -0.15) is 0 Å². The normalized spacial score (nSPS) is 14.1. The van der Waals surface area contributed by atoms with Crippen molar-refractivity contribution >= 4 is 32.5 Å². The number of sulfonamides is 1. The monoisotopic (exact) mass is 460 g/mol. The second kappa shape index (κ2) is 8.23. The Morgan fingerprint density at radius 3 is 2.47 bits per heavy atom. The van der Waals surface area contributed by atoms with E-state index >= 15 is 0 Å². The molecule has 9 nitrogen and oxygen atoms in total. The van der Waals surface area contributed by atoms with E-state index in [1.54, 1.807) is 4.90 Å². The summed E-state index contributed by atoms with van der Waals surface area (Å²) in [6.07, 6.45) is 1.74. The second-order valence-corrected chi connectivity index (χ2v) is 9.27. The fourth-order valence-corrected chi connectivity index (χ4v) is 4.84. The van der Waals surface area contributed by atoms with Crippen LogP contribution in [-0.2, 0) is 28.4 Å². The number of hydrogen-bond donors (Lipinski definition) is 1. The average Bonchev–Trinajstić information content (AvgIpc) is 3.31. The molecule has 1 aliphatic rings. The minimum Gasteiger partial charge on any atom is -0.341 e. The number of aryl methyl sites for hydroxylation is 1. The van der Waals surface area contributed by atoms with Crippen LogP contribution in [0.15, 0.2) is 56.9 Å². The minimum atomic E-state index is -4.22. The standard InChI is InChI=1S/C21H21FN4O5S/c1-24-18-9-8-14(32(30,31)23-17-7-3-2-6-16(17)22)12-15(18)20(28)26(21(24)29)13-19(27)25-10-4-5-11-25/h2-3,6-9,12,23H,4-5,10-11,13H2,1H3. The zero-order valence-electron chi connectivity index (χ0n) is 17.2. The van der Waals surface area contributed by atoms with Crippen molar-refractivity contribution in [1.29, 1.82) is 0 Å². The van der Waals surface area contributed by atoms with Crippen LogP contribution in [0.1, 0.15) is 12.8 Å². The number of hydrogen-bond acceptors (Lipinski definition) is 5. The predicted octanol–water partition coefficient (Wildman–Crippen LogP) is 1.26. The molecule has 1 fully saturated rings. The van der Waals surface area contributed by atoms with Crippen LogP contribution in [0.4, 0.5) is 10.1 Å². The molecule has 0 bridgehead atoms. The third kappa shape index (κ3) is 3.91. The first-order valence-electron chi connectivity index (χ1n) is 9.98. The Morgan fingerprint density at radius 1 is 1.09 bits per heavy atom. The molecule has 1 N–H and O–H groups in total. The lowest BCUT2D eigenvalue weighted by Crippen LogP contribution is -2.43. The van der Waals surface area contributed by atoms with Crippen molar-refractivity contribution in [3.63, 3.8) is 0 Å². The van der Waals surface area contributed by atoms with E-state index in [4.69, 9.17) is 0 Å². The number of aromatic nitrogens is 2. The van der Waals surface area contributed by atoms with E-state index in [1.807, 2.05) is 0 Å². The molecule has 0 aliphatic carbocycles. The van der Waals surface area contributed by atoms with Crippen molar-refractivity contribution in [3.05, 3.63) is 69.1 Å². The Balaban J connectivity index is 1.77. The number of benzene rings is 2. The third-order valence-electron chi connectivity index (χ3n) is 5.50. The summed E-state index contributed by atoms with van der Waals surface area (Å²) >= 11 is 0. The molecule has 3 aromatic rings. The maximum absolute atomic E-state index is 13.9. The van der Waals surface area contributed by atoms with Crippen LogP contribution in [0.25, 0.3) is 10.9 Å². The molecule has 0 radical (unpaired) electrons. The molecule has 1 aromatic heterocycles. The molecule has 168 valence electrons. The lowest BCUT2D eigenvalue weighted by Gasteiger charge is -2.17. The van der Waals surface area contributed by atoms with Gasteiger partial charge in [-0.15, -0.1) is 0 Å². The van der Waals surface area contributed by atoms with Gasteiger partial charge < -0.3 is 4.90 Å². The van der Waals surface area contributed by atoms with Gasteiger partial charge in [-0.1, -0.05) is 12.1 Å². The van der Waals surface area contributed by atoms with Gasteiger partial charge in [0.2, 0.25) is 5.91 Å². The molecule has 0 atom stereocenters. The largest absolute Gasteiger partial charge is 0.341 e. The summed E-state index contributed by atoms with van der Waals surface area (Å²) in [6.45, 7) is 0.725. The van der Waals surface area contributed by atoms with Gasteiger partial charge in [0.15, 0.2) is 0 Å². The molecule has 0 saturated carbocycles. The molecule has 4 rings (SSSR count). The average molecular weight is 460 g/mol. The number of carbonyl (C=O) groups is 1. The van der Waals surface area contributed by atoms with E-state index in [0.29, 0.717) is 13.1 Å². The van der Waals surface area contributed by atoms with E-state index in [9.17, 15) is 27.2 Å². The Kier molecular flexibility index (Phi) is 5.59. The summed E-state index contributed by atoms with van der Waals surface area (Å²) in [4.78, 5) is 39.6. The van der Waals surface area contributed by atoms with Gasteiger partial charge in [-0.25, -0.2) is 17.6 Å². The van der Waals surface area contributed by atoms with Gasteiger partial charge in [-0.3, -0.25) is 23.4 Å². The second-order valence-electron chi connectivity index (χ2n) is 7.59. The summed E-state index contributed by atoms with van der Waals surface area (Å²) in [7, 11) is -2.78. The molecule has 0 spiro atoms. The molecular formula is C21H21FN4O5S. The van der Waals surface area contributed by atoms with E-state index in [0.717, 1.165) is 29.5 Å². The highest BCUT2D eigenvalue weighted by atomic mass is 32.2. The van der Waals surface area contributed by atoms with Crippen LogP contribution in [0.3, 0.4) is 0 Å². The van der Waals surface area contributed by atoms with Crippen LogP contribution in [-0.4, -0.2) is 41.4 Å². The Bertz CT molecular complexity index is 1440. The highest BCUT2D eigenvalue weighted by Crippen LogP contribution is 2.21. The first kappa shape index (κ1) is 21.8. The van der Waals surface area contributed by atoms with Crippen molar-refractivity contribution in [2.24, 2.45) is 7.05 Å². The van der Waals surface area contributed by atoms with Crippen LogP contribution in [0.5, 0.6) is 0 Å². The number of anilines is 1. The van der Waals surface area contributed by atoms with Crippen LogP contribution < -0.4 is 16.0 Å². The molecule has 1 amide bonds. The summed E-state index contributed by atoms with van der Waals surface area (Å²) in [5.41, 5.74) is -1.45. The van der Waals surface area contributed by atoms with Crippen LogP contribution >= 0.6 is 0 Å². The van der Waals surface area contributed by atoms with Crippen molar-refractivity contribution in [1.82, 2.24) is 14.0 Å². The molecule has 2 aromatic carbocycles. The number of para-hydroxylation sites is 1. The van der Waals surface area contributed by atoms with Gasteiger partial charge in [0, 0.05) is 20.1 Å². The number of nitrogens with one attached hydrogen (secondary N) is 1. The summed E-state index contributed by atoms with van der Waals surface area (Å²) < 4.78 is 43.6. The smallest absolute Gasteiger partial charge is 0.331 e. The van der Waals surface area contributed by atoms with E-state index in [-0.39, 0.29) is 27.4 Å². The number of fused-ring (bicyclic) bond motifs is 1. The van der Waals surface area contributed by atoms with Crippen molar-refractivity contribution in [2.75, 3.05) is 17.8 Å². The summed E-state index contributed by atoms with van der Waals surface area (Å²) in [5.74, 6) is -1.09. The molecule has 1 aliphatic heterocycles. The lowest BCUT2D eigenvalue weighted by atomic mass is 10.2. The Labute approximate surface area is 182 Å². The Morgan fingerprint density at radius 2 is 1.78 bits per heavy atom. The number of rotatable bonds is 5. The van der Waals surface area contributed by atoms with Crippen molar-refractivity contribution in [3.8, 4) is 0 Å². The number of amides is 1. The number of likely N-dealkylation sites (tertiary alicyclic amines) is 1. The number of halogens is 1. The molecule has 2 heterocycles. The molecule has 1 saturated heterocycles. The summed E-state index contributed by atoms with van der Waals surface area (Å²) in [6, 6.07) is 8.98. The number of nitrogens with zero attached hydrogens (tertiary/aromatic N) is 3. The van der Waals surface area contributed by atoms with Gasteiger partial charge in [0.1, 0.15) is 12.4 Å². The van der Waals surface area contributed by atoms with E-state index in [2.05, 4.69) is 4.72 Å². The topological polar surface area (TPSA) is 110 Å². The highest BCUT2D eigenvalue weighted by Gasteiger charge is 2.22. The van der Waals surface area contributed by atoms with Gasteiger partial charge >= 0.3 is 5.69 Å². The third-order valence-corrected chi connectivity index (χ3v) is 6.87. The first-order valence-corrected chi connectivity index (χ1v) is 11.5. The predicted molar refractivity (Wildman–Crippen MR) is 116 cm³/mol. The van der Waals surface area contributed by atoms with Gasteiger partial charge in [-0.05, 0) is 43.2 Å². The van der Waals surface area contributed by atoms with Gasteiger partial charge in [0.05, 0.1) is 21.5 Å². The van der Waals surface area contributed by atoms with Crippen LogP contribution in [0.2, 0.25) is 0 Å². The van der Waals surface area contributed by atoms with E-state index < -0.39 is 33.6 Å². The fraction of sp³-hybridized carbons (Fsp3) is 0.286. The van der Waals surface area contributed by atoms with Crippen LogP contribution in [0, 0.1) is 5.82 Å². The van der Waals surface area contributed by atoms with Gasteiger partial charge in [0.25, 0.3) is 15.6 Å². The SMILES string of the molecule is Cn1c(=O)n(CC(=O)N2CCCC2)c(=O)c2cc(S(=O)(=O)Nc3ccccc3F)ccc21. The fourth-order valence-electron chi connectivity index (χ4n) is 3.75. The first-order chi connectivity index (χ1) is 15.2. The summed E-state index contributed by atoms with van der Waals surface area (Å²) in [5, 5.41) is -0.0438. The van der Waals surface area contributed by atoms with Crippen molar-refractivity contribution in [2.45, 2.75) is 24.3 Å². The highest BCUT2D eigenvalue weighted by molar-refractivity contribution is 7.92. The zero-order valence-corrected chi connectivity index (χ0v) is 18.1. The quantitative estimate of drug-likeness (QED) is 0.617. The van der Waals surface area contributed by atoms with Crippen molar-refractivity contribution < 1.29 is 17.6 Å². The lowest BCUT2D eigenvalue weighted by molar-refractivity contribution is -0.130. The molecule has 0 unspecified atom stereocenters.